The number of hydrogen-bond acceptors (Lipinski definition) is 9. The standard InChI is InChI=1S/C20H28N4O6S/c1-5-29-15-7-8-17(16(13-15)30-6-2)31(25,26)24-11-9-23(10-12-24)18-14-19(27-3)22-20(21-18)28-4/h7-8,13-14H,5-6,9-12H2,1-4H3. The Morgan fingerprint density at radius 3 is 2.26 bits per heavy atom. The number of aromatic nitrogens is 2. The van der Waals surface area contributed by atoms with E-state index in [1.807, 2.05) is 18.7 Å². The molecule has 11 heteroatoms. The zero-order valence-electron chi connectivity index (χ0n) is 18.2. The highest BCUT2D eigenvalue weighted by Gasteiger charge is 2.32. The molecule has 1 aliphatic rings. The van der Waals surface area contributed by atoms with E-state index in [9.17, 15) is 8.42 Å². The zero-order valence-corrected chi connectivity index (χ0v) is 19.0. The first-order valence-electron chi connectivity index (χ1n) is 10.0. The van der Waals surface area contributed by atoms with Crippen LogP contribution in [0.3, 0.4) is 0 Å². The SMILES string of the molecule is CCOc1ccc(S(=O)(=O)N2CCN(c3cc(OC)nc(OC)n3)CC2)c(OCC)c1. The first-order chi connectivity index (χ1) is 14.9. The molecule has 0 N–H and O–H groups in total. The number of anilines is 1. The summed E-state index contributed by atoms with van der Waals surface area (Å²) in [6, 6.07) is 6.70. The fourth-order valence-corrected chi connectivity index (χ4v) is 4.81. The van der Waals surface area contributed by atoms with Crippen LogP contribution in [0.15, 0.2) is 29.2 Å². The molecule has 0 amide bonds. The normalized spacial score (nSPS) is 14.9. The molecule has 0 radical (unpaired) electrons. The van der Waals surface area contributed by atoms with Crippen LogP contribution in [0.25, 0.3) is 0 Å². The largest absolute Gasteiger partial charge is 0.494 e. The van der Waals surface area contributed by atoms with E-state index in [-0.39, 0.29) is 10.9 Å². The van der Waals surface area contributed by atoms with Gasteiger partial charge in [0.1, 0.15) is 22.2 Å². The van der Waals surface area contributed by atoms with Crippen molar-refractivity contribution in [2.45, 2.75) is 18.7 Å². The molecule has 170 valence electrons. The van der Waals surface area contributed by atoms with Crippen molar-refractivity contribution in [3.8, 4) is 23.4 Å². The van der Waals surface area contributed by atoms with Gasteiger partial charge < -0.3 is 23.8 Å². The molecule has 2 heterocycles. The average molecular weight is 453 g/mol. The predicted molar refractivity (Wildman–Crippen MR) is 115 cm³/mol. The highest BCUT2D eigenvalue weighted by atomic mass is 32.2. The topological polar surface area (TPSA) is 103 Å². The van der Waals surface area contributed by atoms with Crippen LogP contribution in [-0.2, 0) is 10.0 Å². The van der Waals surface area contributed by atoms with Gasteiger partial charge in [-0.25, -0.2) is 8.42 Å². The Morgan fingerprint density at radius 1 is 0.935 bits per heavy atom. The summed E-state index contributed by atoms with van der Waals surface area (Å²) in [7, 11) is -0.735. The van der Waals surface area contributed by atoms with Gasteiger partial charge in [-0.2, -0.15) is 14.3 Å². The minimum Gasteiger partial charge on any atom is -0.494 e. The van der Waals surface area contributed by atoms with E-state index in [4.69, 9.17) is 18.9 Å². The van der Waals surface area contributed by atoms with Crippen molar-refractivity contribution in [2.24, 2.45) is 0 Å². The van der Waals surface area contributed by atoms with E-state index < -0.39 is 10.0 Å². The summed E-state index contributed by atoms with van der Waals surface area (Å²) in [5.74, 6) is 1.87. The maximum Gasteiger partial charge on any atom is 0.321 e. The van der Waals surface area contributed by atoms with Crippen LogP contribution in [-0.4, -0.2) is 76.3 Å². The van der Waals surface area contributed by atoms with Crippen LogP contribution in [0.2, 0.25) is 0 Å². The van der Waals surface area contributed by atoms with Crippen LogP contribution in [0.4, 0.5) is 5.82 Å². The molecule has 0 atom stereocenters. The molecule has 1 fully saturated rings. The minimum atomic E-state index is -3.73. The molecule has 1 aromatic heterocycles. The number of methoxy groups -OCH3 is 2. The van der Waals surface area contributed by atoms with Gasteiger partial charge in [0.15, 0.2) is 0 Å². The van der Waals surface area contributed by atoms with E-state index in [0.717, 1.165) is 0 Å². The number of piperazine rings is 1. The fraction of sp³-hybridized carbons (Fsp3) is 0.500. The second-order valence-corrected chi connectivity index (χ2v) is 8.53. The summed E-state index contributed by atoms with van der Waals surface area (Å²) in [5, 5.41) is 0. The maximum atomic E-state index is 13.3. The zero-order chi connectivity index (χ0) is 22.4. The molecule has 1 saturated heterocycles. The smallest absolute Gasteiger partial charge is 0.321 e. The Kier molecular flexibility index (Phi) is 7.39. The van der Waals surface area contributed by atoms with Gasteiger partial charge in [0.2, 0.25) is 15.9 Å². The summed E-state index contributed by atoms with van der Waals surface area (Å²) >= 11 is 0. The first-order valence-corrected chi connectivity index (χ1v) is 11.5. The minimum absolute atomic E-state index is 0.136. The van der Waals surface area contributed by atoms with Gasteiger partial charge >= 0.3 is 6.01 Å². The lowest BCUT2D eigenvalue weighted by Crippen LogP contribution is -2.49. The molecular formula is C20H28N4O6S. The van der Waals surface area contributed by atoms with E-state index in [1.54, 1.807) is 18.2 Å². The molecule has 0 bridgehead atoms. The summed E-state index contributed by atoms with van der Waals surface area (Å²) < 4.78 is 49.5. The summed E-state index contributed by atoms with van der Waals surface area (Å²) in [5.41, 5.74) is 0. The Bertz CT molecular complexity index is 971. The van der Waals surface area contributed by atoms with Crippen molar-refractivity contribution in [2.75, 3.05) is 58.5 Å². The van der Waals surface area contributed by atoms with Gasteiger partial charge in [0.05, 0.1) is 27.4 Å². The number of nitrogens with zero attached hydrogens (tertiary/aromatic N) is 4. The van der Waals surface area contributed by atoms with Crippen molar-refractivity contribution < 1.29 is 27.4 Å². The van der Waals surface area contributed by atoms with Crippen molar-refractivity contribution in [1.29, 1.82) is 0 Å². The third kappa shape index (κ3) is 5.10. The second-order valence-electron chi connectivity index (χ2n) is 6.62. The van der Waals surface area contributed by atoms with Gasteiger partial charge in [-0.15, -0.1) is 0 Å². The molecule has 0 aliphatic carbocycles. The Morgan fingerprint density at radius 2 is 1.65 bits per heavy atom. The predicted octanol–water partition coefficient (Wildman–Crippen LogP) is 1.80. The highest BCUT2D eigenvalue weighted by molar-refractivity contribution is 7.89. The monoisotopic (exact) mass is 452 g/mol. The maximum absolute atomic E-state index is 13.3. The molecule has 0 saturated carbocycles. The third-order valence-corrected chi connectivity index (χ3v) is 6.70. The third-order valence-electron chi connectivity index (χ3n) is 4.77. The van der Waals surface area contributed by atoms with Crippen LogP contribution in [0.1, 0.15) is 13.8 Å². The Balaban J connectivity index is 1.79. The summed E-state index contributed by atoms with van der Waals surface area (Å²) in [4.78, 5) is 10.5. The van der Waals surface area contributed by atoms with E-state index in [1.165, 1.54) is 24.6 Å². The molecule has 10 nitrogen and oxygen atoms in total. The first kappa shape index (κ1) is 22.9. The average Bonchev–Trinajstić information content (AvgIpc) is 2.79. The number of benzene rings is 1. The molecule has 2 aromatic rings. The van der Waals surface area contributed by atoms with Crippen molar-refractivity contribution >= 4 is 15.8 Å². The lowest BCUT2D eigenvalue weighted by atomic mass is 10.3. The molecule has 3 rings (SSSR count). The van der Waals surface area contributed by atoms with Crippen LogP contribution in [0.5, 0.6) is 23.4 Å². The summed E-state index contributed by atoms with van der Waals surface area (Å²) in [6.07, 6.45) is 0. The molecular weight excluding hydrogens is 424 g/mol. The lowest BCUT2D eigenvalue weighted by molar-refractivity contribution is 0.314. The van der Waals surface area contributed by atoms with Crippen molar-refractivity contribution in [3.05, 3.63) is 24.3 Å². The number of ether oxygens (including phenoxy) is 4. The lowest BCUT2D eigenvalue weighted by Gasteiger charge is -2.35. The molecule has 31 heavy (non-hydrogen) atoms. The second kappa shape index (κ2) is 10.0. The van der Waals surface area contributed by atoms with E-state index in [2.05, 4.69) is 9.97 Å². The van der Waals surface area contributed by atoms with Crippen LogP contribution < -0.4 is 23.8 Å². The fourth-order valence-electron chi connectivity index (χ4n) is 3.27. The molecule has 0 unspecified atom stereocenters. The van der Waals surface area contributed by atoms with Gasteiger partial charge in [-0.3, -0.25) is 0 Å². The Hall–Kier alpha value is -2.79. The van der Waals surface area contributed by atoms with Gasteiger partial charge in [-0.05, 0) is 26.0 Å². The van der Waals surface area contributed by atoms with Crippen molar-refractivity contribution in [1.82, 2.24) is 14.3 Å². The van der Waals surface area contributed by atoms with Gasteiger partial charge in [-0.1, -0.05) is 0 Å². The quantitative estimate of drug-likeness (QED) is 0.563. The van der Waals surface area contributed by atoms with E-state index in [0.29, 0.717) is 62.6 Å². The molecule has 0 spiro atoms. The van der Waals surface area contributed by atoms with E-state index >= 15 is 0 Å². The van der Waals surface area contributed by atoms with Gasteiger partial charge in [0, 0.05) is 38.3 Å². The summed E-state index contributed by atoms with van der Waals surface area (Å²) in [6.45, 7) is 6.04. The Labute approximate surface area is 182 Å². The highest BCUT2D eigenvalue weighted by Crippen LogP contribution is 2.32. The molecule has 1 aromatic carbocycles. The van der Waals surface area contributed by atoms with Crippen molar-refractivity contribution in [3.63, 3.8) is 0 Å². The molecule has 1 aliphatic heterocycles. The van der Waals surface area contributed by atoms with Crippen LogP contribution in [0, 0.1) is 0 Å². The number of hydrogen-bond donors (Lipinski definition) is 0. The number of sulfonamides is 1. The van der Waals surface area contributed by atoms with Gasteiger partial charge in [0.25, 0.3) is 0 Å². The van der Waals surface area contributed by atoms with Crippen LogP contribution >= 0.6 is 0 Å². The number of rotatable bonds is 9.